The molecule has 6 nitrogen and oxygen atoms in total. The zero-order chi connectivity index (χ0) is 13.6. The van der Waals surface area contributed by atoms with E-state index in [1.807, 2.05) is 0 Å². The highest BCUT2D eigenvalue weighted by atomic mass is 32.2. The van der Waals surface area contributed by atoms with E-state index < -0.39 is 15.8 Å². The maximum absolute atomic E-state index is 11.3. The van der Waals surface area contributed by atoms with Gasteiger partial charge in [0.25, 0.3) is 0 Å². The summed E-state index contributed by atoms with van der Waals surface area (Å²) in [5.74, 6) is 0.0168. The van der Waals surface area contributed by atoms with Crippen LogP contribution in [0.1, 0.15) is 25.7 Å². The van der Waals surface area contributed by atoms with Crippen LogP contribution in [-0.2, 0) is 24.2 Å². The normalized spacial score (nSPS) is 21.5. The molecule has 0 aromatic rings. The fourth-order valence-electron chi connectivity index (χ4n) is 1.92. The maximum atomic E-state index is 11.3. The minimum absolute atomic E-state index is 0.0696. The molecule has 1 rings (SSSR count). The second-order valence-electron chi connectivity index (χ2n) is 4.48. The Kier molecular flexibility index (Phi) is 5.58. The minimum atomic E-state index is -2.84. The predicted molar refractivity (Wildman–Crippen MR) is 65.6 cm³/mol. The fourth-order valence-corrected chi connectivity index (χ4v) is 3.83. The quantitative estimate of drug-likeness (QED) is 0.684. The van der Waals surface area contributed by atoms with Gasteiger partial charge in [-0.3, -0.25) is 9.59 Å². The van der Waals surface area contributed by atoms with Gasteiger partial charge in [-0.15, -0.1) is 0 Å². The third-order valence-corrected chi connectivity index (χ3v) is 4.82. The molecule has 0 aromatic heterocycles. The van der Waals surface area contributed by atoms with E-state index in [0.29, 0.717) is 19.4 Å². The summed E-state index contributed by atoms with van der Waals surface area (Å²) < 4.78 is 26.8. The predicted octanol–water partition coefficient (Wildman–Crippen LogP) is -0.119. The largest absolute Gasteiger partial charge is 0.469 e. The summed E-state index contributed by atoms with van der Waals surface area (Å²) in [5, 5.41) is 2.67. The van der Waals surface area contributed by atoms with E-state index in [9.17, 15) is 18.0 Å². The standard InChI is InChI=1S/C11H19NO5S/c1-17-11(14)3-2-10(13)12-6-4-9-5-7-18(15,16)8-9/h9H,2-8H2,1H3,(H,12,13). The number of carbonyl (C=O) groups is 2. The minimum Gasteiger partial charge on any atom is -0.469 e. The van der Waals surface area contributed by atoms with Crippen LogP contribution in [0.3, 0.4) is 0 Å². The molecule has 7 heteroatoms. The first kappa shape index (κ1) is 14.9. The molecule has 1 heterocycles. The lowest BCUT2D eigenvalue weighted by Crippen LogP contribution is -2.26. The van der Waals surface area contributed by atoms with E-state index in [0.717, 1.165) is 0 Å². The molecule has 1 atom stereocenters. The summed E-state index contributed by atoms with van der Waals surface area (Å²) >= 11 is 0. The van der Waals surface area contributed by atoms with Gasteiger partial charge in [-0.05, 0) is 18.8 Å². The molecule has 1 unspecified atom stereocenters. The van der Waals surface area contributed by atoms with E-state index in [1.54, 1.807) is 0 Å². The average molecular weight is 277 g/mol. The van der Waals surface area contributed by atoms with Gasteiger partial charge in [0, 0.05) is 13.0 Å². The highest BCUT2D eigenvalue weighted by molar-refractivity contribution is 7.91. The number of hydrogen-bond acceptors (Lipinski definition) is 5. The summed E-state index contributed by atoms with van der Waals surface area (Å²) in [5.41, 5.74) is 0. The Balaban J connectivity index is 2.11. The lowest BCUT2D eigenvalue weighted by molar-refractivity contribution is -0.142. The first-order valence-electron chi connectivity index (χ1n) is 5.97. The van der Waals surface area contributed by atoms with Crippen molar-refractivity contribution in [2.24, 2.45) is 5.92 Å². The molecule has 104 valence electrons. The average Bonchev–Trinajstić information content (AvgIpc) is 2.66. The molecule has 1 aliphatic heterocycles. The Morgan fingerprint density at radius 1 is 1.33 bits per heavy atom. The molecule has 1 amide bonds. The monoisotopic (exact) mass is 277 g/mol. The summed E-state index contributed by atoms with van der Waals surface area (Å²) in [6.07, 6.45) is 1.53. The number of carbonyl (C=O) groups excluding carboxylic acids is 2. The molecule has 0 aliphatic carbocycles. The Morgan fingerprint density at radius 3 is 2.61 bits per heavy atom. The number of methoxy groups -OCH3 is 1. The maximum Gasteiger partial charge on any atom is 0.306 e. The molecule has 0 saturated carbocycles. The van der Waals surface area contributed by atoms with E-state index in [1.165, 1.54) is 7.11 Å². The molecule has 1 saturated heterocycles. The Morgan fingerprint density at radius 2 is 2.06 bits per heavy atom. The van der Waals surface area contributed by atoms with Crippen molar-refractivity contribution in [3.05, 3.63) is 0 Å². The summed E-state index contributed by atoms with van der Waals surface area (Å²) in [6, 6.07) is 0. The van der Waals surface area contributed by atoms with Gasteiger partial charge in [0.15, 0.2) is 9.84 Å². The smallest absolute Gasteiger partial charge is 0.306 e. The van der Waals surface area contributed by atoms with Crippen LogP contribution in [0.4, 0.5) is 0 Å². The van der Waals surface area contributed by atoms with E-state index in [4.69, 9.17) is 0 Å². The molecular weight excluding hydrogens is 258 g/mol. The fraction of sp³-hybridized carbons (Fsp3) is 0.818. The van der Waals surface area contributed by atoms with Crippen LogP contribution in [0.2, 0.25) is 0 Å². The summed E-state index contributed by atoms with van der Waals surface area (Å²) in [4.78, 5) is 22.1. The number of rotatable bonds is 6. The van der Waals surface area contributed by atoms with Crippen molar-refractivity contribution < 1.29 is 22.7 Å². The van der Waals surface area contributed by atoms with Gasteiger partial charge in [0.05, 0.1) is 25.0 Å². The molecule has 0 radical (unpaired) electrons. The lowest BCUT2D eigenvalue weighted by Gasteiger charge is -2.08. The van der Waals surface area contributed by atoms with E-state index in [-0.39, 0.29) is 36.2 Å². The van der Waals surface area contributed by atoms with Crippen LogP contribution in [0.5, 0.6) is 0 Å². The topological polar surface area (TPSA) is 89.5 Å². The molecule has 0 bridgehead atoms. The Hall–Kier alpha value is -1.11. The van der Waals surface area contributed by atoms with Crippen molar-refractivity contribution in [3.8, 4) is 0 Å². The van der Waals surface area contributed by atoms with E-state index in [2.05, 4.69) is 10.1 Å². The molecule has 1 N–H and O–H groups in total. The summed E-state index contributed by atoms with van der Waals surface area (Å²) in [7, 11) is -1.57. The van der Waals surface area contributed by atoms with Gasteiger partial charge in [-0.2, -0.15) is 0 Å². The third kappa shape index (κ3) is 5.48. The number of hydrogen-bond donors (Lipinski definition) is 1. The van der Waals surface area contributed by atoms with Gasteiger partial charge < -0.3 is 10.1 Å². The van der Waals surface area contributed by atoms with Crippen LogP contribution in [0.25, 0.3) is 0 Å². The molecule has 1 aliphatic rings. The number of esters is 1. The Labute approximate surface area is 107 Å². The van der Waals surface area contributed by atoms with Gasteiger partial charge in [-0.1, -0.05) is 0 Å². The molecule has 0 aromatic carbocycles. The molecule has 18 heavy (non-hydrogen) atoms. The highest BCUT2D eigenvalue weighted by Gasteiger charge is 2.27. The number of amides is 1. The van der Waals surface area contributed by atoms with Crippen molar-refractivity contribution >= 4 is 21.7 Å². The summed E-state index contributed by atoms with van der Waals surface area (Å²) in [6.45, 7) is 0.459. The second-order valence-corrected chi connectivity index (χ2v) is 6.71. The first-order chi connectivity index (χ1) is 8.43. The van der Waals surface area contributed by atoms with Gasteiger partial charge >= 0.3 is 5.97 Å². The van der Waals surface area contributed by atoms with Crippen molar-refractivity contribution in [1.82, 2.24) is 5.32 Å². The highest BCUT2D eigenvalue weighted by Crippen LogP contribution is 2.20. The van der Waals surface area contributed by atoms with Crippen molar-refractivity contribution in [2.45, 2.75) is 25.7 Å². The van der Waals surface area contributed by atoms with Crippen molar-refractivity contribution in [2.75, 3.05) is 25.2 Å². The van der Waals surface area contributed by atoms with Crippen LogP contribution < -0.4 is 5.32 Å². The van der Waals surface area contributed by atoms with E-state index >= 15 is 0 Å². The van der Waals surface area contributed by atoms with Gasteiger partial charge in [0.1, 0.15) is 0 Å². The number of ether oxygens (including phenoxy) is 1. The van der Waals surface area contributed by atoms with Gasteiger partial charge in [-0.25, -0.2) is 8.42 Å². The number of sulfone groups is 1. The first-order valence-corrected chi connectivity index (χ1v) is 7.79. The lowest BCUT2D eigenvalue weighted by atomic mass is 10.1. The molecule has 0 spiro atoms. The second kappa shape index (κ2) is 6.72. The van der Waals surface area contributed by atoms with Crippen molar-refractivity contribution in [1.29, 1.82) is 0 Å². The zero-order valence-electron chi connectivity index (χ0n) is 10.5. The zero-order valence-corrected chi connectivity index (χ0v) is 11.3. The van der Waals surface area contributed by atoms with Crippen LogP contribution in [-0.4, -0.2) is 45.5 Å². The van der Waals surface area contributed by atoms with Crippen molar-refractivity contribution in [3.63, 3.8) is 0 Å². The third-order valence-electron chi connectivity index (χ3n) is 2.99. The molecule has 1 fully saturated rings. The Bertz CT molecular complexity index is 404. The number of nitrogens with one attached hydrogen (secondary N) is 1. The van der Waals surface area contributed by atoms with Crippen LogP contribution in [0.15, 0.2) is 0 Å². The van der Waals surface area contributed by atoms with Crippen LogP contribution >= 0.6 is 0 Å². The van der Waals surface area contributed by atoms with Crippen LogP contribution in [0, 0.1) is 5.92 Å². The molecular formula is C11H19NO5S. The SMILES string of the molecule is COC(=O)CCC(=O)NCCC1CCS(=O)(=O)C1. The van der Waals surface area contributed by atoms with Gasteiger partial charge in [0.2, 0.25) is 5.91 Å².